The number of ether oxygens (including phenoxy) is 1. The van der Waals surface area contributed by atoms with Crippen LogP contribution < -0.4 is 4.74 Å². The summed E-state index contributed by atoms with van der Waals surface area (Å²) >= 11 is 1.59. The topological polar surface area (TPSA) is 48.2 Å². The lowest BCUT2D eigenvalue weighted by Gasteiger charge is -2.00. The molecule has 3 rings (SSSR count). The predicted octanol–water partition coefficient (Wildman–Crippen LogP) is 4.00. The van der Waals surface area contributed by atoms with Gasteiger partial charge in [0.25, 0.3) is 5.22 Å². The summed E-state index contributed by atoms with van der Waals surface area (Å²) in [5.41, 5.74) is 2.44. The number of benzene rings is 2. The Morgan fingerprint density at radius 1 is 0.957 bits per heavy atom. The molecule has 118 valence electrons. The normalized spacial score (nSPS) is 10.7. The van der Waals surface area contributed by atoms with Crippen LogP contribution in [0.2, 0.25) is 0 Å². The molecule has 0 N–H and O–H groups in total. The van der Waals surface area contributed by atoms with Crippen molar-refractivity contribution in [2.45, 2.75) is 18.1 Å². The first-order chi connectivity index (χ1) is 11.3. The minimum Gasteiger partial charge on any atom is -0.497 e. The van der Waals surface area contributed by atoms with Gasteiger partial charge in [0.2, 0.25) is 5.89 Å². The smallest absolute Gasteiger partial charge is 0.276 e. The Kier molecular flexibility index (Phi) is 5.32. The maximum Gasteiger partial charge on any atom is 0.276 e. The number of methoxy groups -OCH3 is 1. The lowest BCUT2D eigenvalue weighted by Crippen LogP contribution is -1.89. The molecule has 23 heavy (non-hydrogen) atoms. The highest BCUT2D eigenvalue weighted by Gasteiger charge is 2.08. The number of aryl methyl sites for hydroxylation is 1. The van der Waals surface area contributed by atoms with Crippen LogP contribution in [0.5, 0.6) is 5.75 Å². The van der Waals surface area contributed by atoms with Gasteiger partial charge in [-0.05, 0) is 29.7 Å². The summed E-state index contributed by atoms with van der Waals surface area (Å²) in [5, 5.41) is 8.84. The van der Waals surface area contributed by atoms with Crippen LogP contribution in [0.25, 0.3) is 0 Å². The minimum absolute atomic E-state index is 0.629. The van der Waals surface area contributed by atoms with Crippen LogP contribution in [-0.4, -0.2) is 23.1 Å². The van der Waals surface area contributed by atoms with Crippen molar-refractivity contribution in [3.8, 4) is 5.75 Å². The minimum atomic E-state index is 0.629. The van der Waals surface area contributed by atoms with Gasteiger partial charge in [-0.2, -0.15) is 0 Å². The van der Waals surface area contributed by atoms with Gasteiger partial charge < -0.3 is 9.15 Å². The van der Waals surface area contributed by atoms with Gasteiger partial charge >= 0.3 is 0 Å². The Morgan fingerprint density at radius 2 is 1.74 bits per heavy atom. The lowest BCUT2D eigenvalue weighted by molar-refractivity contribution is 0.413. The lowest BCUT2D eigenvalue weighted by atomic mass is 10.1. The highest BCUT2D eigenvalue weighted by molar-refractivity contribution is 7.99. The molecule has 0 aliphatic rings. The molecule has 0 fully saturated rings. The van der Waals surface area contributed by atoms with E-state index in [1.54, 1.807) is 18.9 Å². The van der Waals surface area contributed by atoms with E-state index in [1.165, 1.54) is 5.56 Å². The van der Waals surface area contributed by atoms with Crippen molar-refractivity contribution in [1.82, 2.24) is 10.2 Å². The quantitative estimate of drug-likeness (QED) is 0.614. The van der Waals surface area contributed by atoms with Crippen molar-refractivity contribution in [2.75, 3.05) is 12.9 Å². The van der Waals surface area contributed by atoms with Gasteiger partial charge in [0, 0.05) is 5.75 Å². The van der Waals surface area contributed by atoms with E-state index in [0.717, 1.165) is 23.5 Å². The molecule has 0 spiro atoms. The largest absolute Gasteiger partial charge is 0.497 e. The zero-order valence-corrected chi connectivity index (χ0v) is 13.8. The second kappa shape index (κ2) is 7.83. The van der Waals surface area contributed by atoms with Gasteiger partial charge in [0.1, 0.15) is 5.75 Å². The molecule has 0 aliphatic carbocycles. The monoisotopic (exact) mass is 326 g/mol. The zero-order valence-electron chi connectivity index (χ0n) is 12.9. The first-order valence-corrected chi connectivity index (χ1v) is 8.44. The third-order valence-electron chi connectivity index (χ3n) is 3.42. The first kappa shape index (κ1) is 15.6. The molecule has 0 atom stereocenters. The molecule has 0 bridgehead atoms. The van der Waals surface area contributed by atoms with E-state index >= 15 is 0 Å². The molecule has 0 saturated carbocycles. The van der Waals surface area contributed by atoms with Gasteiger partial charge in [-0.1, -0.05) is 54.2 Å². The number of hydrogen-bond donors (Lipinski definition) is 0. The average Bonchev–Trinajstić information content (AvgIpc) is 3.04. The standard InChI is InChI=1S/C18H18N2O2S/c1-21-16-9-7-15(8-10-16)13-17-19-20-18(22-17)23-12-11-14-5-3-2-4-6-14/h2-10H,11-13H2,1H3. The van der Waals surface area contributed by atoms with Crippen LogP contribution in [0, 0.1) is 0 Å². The predicted molar refractivity (Wildman–Crippen MR) is 91.0 cm³/mol. The first-order valence-electron chi connectivity index (χ1n) is 7.45. The SMILES string of the molecule is COc1ccc(Cc2nnc(SCCc3ccccc3)o2)cc1. The number of thioether (sulfide) groups is 1. The van der Waals surface area contributed by atoms with Crippen LogP contribution in [-0.2, 0) is 12.8 Å². The number of rotatable bonds is 7. The van der Waals surface area contributed by atoms with Crippen LogP contribution in [0.4, 0.5) is 0 Å². The van der Waals surface area contributed by atoms with Gasteiger partial charge in [-0.3, -0.25) is 0 Å². The van der Waals surface area contributed by atoms with Crippen LogP contribution >= 0.6 is 11.8 Å². The van der Waals surface area contributed by atoms with E-state index in [0.29, 0.717) is 17.5 Å². The van der Waals surface area contributed by atoms with E-state index in [2.05, 4.69) is 34.5 Å². The molecule has 0 aliphatic heterocycles. The molecule has 0 unspecified atom stereocenters. The van der Waals surface area contributed by atoms with Crippen molar-refractivity contribution >= 4 is 11.8 Å². The highest BCUT2D eigenvalue weighted by atomic mass is 32.2. The molecular weight excluding hydrogens is 308 g/mol. The summed E-state index contributed by atoms with van der Waals surface area (Å²) in [6.45, 7) is 0. The molecule has 0 amide bonds. The Balaban J connectivity index is 1.51. The van der Waals surface area contributed by atoms with Crippen LogP contribution in [0.15, 0.2) is 64.2 Å². The molecule has 3 aromatic rings. The molecule has 2 aromatic carbocycles. The molecule has 4 nitrogen and oxygen atoms in total. The Hall–Kier alpha value is -2.27. The summed E-state index contributed by atoms with van der Waals surface area (Å²) < 4.78 is 10.8. The van der Waals surface area contributed by atoms with Gasteiger partial charge in [-0.25, -0.2) is 0 Å². The number of nitrogens with zero attached hydrogens (tertiary/aromatic N) is 2. The number of hydrogen-bond acceptors (Lipinski definition) is 5. The van der Waals surface area contributed by atoms with Crippen molar-refractivity contribution in [2.24, 2.45) is 0 Å². The third kappa shape index (κ3) is 4.60. The molecule has 0 radical (unpaired) electrons. The van der Waals surface area contributed by atoms with Crippen LogP contribution in [0.1, 0.15) is 17.0 Å². The molecule has 5 heteroatoms. The van der Waals surface area contributed by atoms with Crippen molar-refractivity contribution in [3.05, 3.63) is 71.6 Å². The fraction of sp³-hybridized carbons (Fsp3) is 0.222. The summed E-state index contributed by atoms with van der Waals surface area (Å²) in [6.07, 6.45) is 1.62. The summed E-state index contributed by atoms with van der Waals surface area (Å²) in [6, 6.07) is 18.3. The number of aromatic nitrogens is 2. The Morgan fingerprint density at radius 3 is 2.48 bits per heavy atom. The zero-order chi connectivity index (χ0) is 15.9. The van der Waals surface area contributed by atoms with E-state index < -0.39 is 0 Å². The van der Waals surface area contributed by atoms with E-state index in [-0.39, 0.29) is 0 Å². The summed E-state index contributed by atoms with van der Waals surface area (Å²) in [7, 11) is 1.66. The van der Waals surface area contributed by atoms with Gasteiger partial charge in [-0.15, -0.1) is 10.2 Å². The fourth-order valence-corrected chi connectivity index (χ4v) is 2.95. The third-order valence-corrected chi connectivity index (χ3v) is 4.24. The van der Waals surface area contributed by atoms with Crippen LogP contribution in [0.3, 0.4) is 0 Å². The highest BCUT2D eigenvalue weighted by Crippen LogP contribution is 2.20. The molecule has 1 heterocycles. The van der Waals surface area contributed by atoms with Crippen molar-refractivity contribution in [1.29, 1.82) is 0 Å². The molecule has 1 aromatic heterocycles. The molecule has 0 saturated heterocycles. The Bertz CT molecular complexity index is 726. The van der Waals surface area contributed by atoms with Gasteiger partial charge in [0.15, 0.2) is 0 Å². The van der Waals surface area contributed by atoms with E-state index in [1.807, 2.05) is 30.3 Å². The Labute approximate surface area is 139 Å². The fourth-order valence-electron chi connectivity index (χ4n) is 2.19. The summed E-state index contributed by atoms with van der Waals surface area (Å²) in [5.74, 6) is 2.41. The maximum absolute atomic E-state index is 5.69. The summed E-state index contributed by atoms with van der Waals surface area (Å²) in [4.78, 5) is 0. The second-order valence-electron chi connectivity index (χ2n) is 5.07. The van der Waals surface area contributed by atoms with E-state index in [4.69, 9.17) is 9.15 Å². The van der Waals surface area contributed by atoms with Crippen molar-refractivity contribution in [3.63, 3.8) is 0 Å². The van der Waals surface area contributed by atoms with E-state index in [9.17, 15) is 0 Å². The van der Waals surface area contributed by atoms with Gasteiger partial charge in [0.05, 0.1) is 13.5 Å². The van der Waals surface area contributed by atoms with Crippen molar-refractivity contribution < 1.29 is 9.15 Å². The molecular formula is C18H18N2O2S. The second-order valence-corrected chi connectivity index (χ2v) is 6.12. The maximum atomic E-state index is 5.69. The average molecular weight is 326 g/mol.